The van der Waals surface area contributed by atoms with Crippen molar-refractivity contribution in [2.75, 3.05) is 13.1 Å². The summed E-state index contributed by atoms with van der Waals surface area (Å²) in [4.78, 5) is 10.1. The van der Waals surface area contributed by atoms with Crippen LogP contribution < -0.4 is 5.32 Å². The number of carboxylic acid groups (broad SMARTS) is 1. The number of rotatable bonds is 8. The van der Waals surface area contributed by atoms with Gasteiger partial charge in [-0.2, -0.15) is 5.26 Å². The normalized spacial score (nSPS) is 9.46. The number of hydrogen-bond acceptors (Lipinski definition) is 3. The Bertz CT molecular complexity index is 175. The molecular weight excluding hydrogens is 168 g/mol. The Morgan fingerprint density at radius 1 is 1.31 bits per heavy atom. The van der Waals surface area contributed by atoms with E-state index in [9.17, 15) is 4.79 Å². The summed E-state index contributed by atoms with van der Waals surface area (Å²) in [5.41, 5.74) is 0. The van der Waals surface area contributed by atoms with Crippen LogP contribution in [0.15, 0.2) is 0 Å². The van der Waals surface area contributed by atoms with Crippen molar-refractivity contribution in [1.29, 1.82) is 5.26 Å². The van der Waals surface area contributed by atoms with Crippen molar-refractivity contribution >= 4 is 5.97 Å². The summed E-state index contributed by atoms with van der Waals surface area (Å²) in [5, 5.41) is 19.7. The molecule has 0 aliphatic rings. The third-order valence-electron chi connectivity index (χ3n) is 1.64. The molecule has 0 heterocycles. The molecule has 0 rings (SSSR count). The van der Waals surface area contributed by atoms with Crippen LogP contribution in [0.25, 0.3) is 0 Å². The Kier molecular flexibility index (Phi) is 8.26. The van der Waals surface area contributed by atoms with E-state index in [4.69, 9.17) is 10.4 Å². The summed E-state index contributed by atoms with van der Waals surface area (Å²) in [6, 6.07) is 2.08. The number of nitriles is 1. The number of nitrogens with zero attached hydrogens (tertiary/aromatic N) is 1. The third-order valence-corrected chi connectivity index (χ3v) is 1.64. The van der Waals surface area contributed by atoms with E-state index in [1.807, 2.05) is 0 Å². The van der Waals surface area contributed by atoms with Crippen LogP contribution >= 0.6 is 0 Å². The molecule has 2 N–H and O–H groups in total. The SMILES string of the molecule is N#CCCCCNCCCC(=O)O. The summed E-state index contributed by atoms with van der Waals surface area (Å²) in [5.74, 6) is -0.744. The third kappa shape index (κ3) is 10.9. The molecule has 0 radical (unpaired) electrons. The first-order valence-electron chi connectivity index (χ1n) is 4.57. The van der Waals surface area contributed by atoms with Crippen molar-refractivity contribution in [3.63, 3.8) is 0 Å². The van der Waals surface area contributed by atoms with Gasteiger partial charge in [-0.3, -0.25) is 4.79 Å². The highest BCUT2D eigenvalue weighted by Crippen LogP contribution is 1.92. The van der Waals surface area contributed by atoms with Crippen molar-refractivity contribution < 1.29 is 9.90 Å². The molecule has 0 saturated carbocycles. The second-order valence-corrected chi connectivity index (χ2v) is 2.86. The maximum absolute atomic E-state index is 10.1. The van der Waals surface area contributed by atoms with Crippen molar-refractivity contribution in [3.8, 4) is 6.07 Å². The lowest BCUT2D eigenvalue weighted by molar-refractivity contribution is -0.137. The molecule has 0 spiro atoms. The van der Waals surface area contributed by atoms with E-state index in [1.165, 1.54) is 0 Å². The number of nitrogens with one attached hydrogen (secondary N) is 1. The Labute approximate surface area is 78.6 Å². The number of carboxylic acids is 1. The van der Waals surface area contributed by atoms with Gasteiger partial charge in [0.15, 0.2) is 0 Å². The van der Waals surface area contributed by atoms with Crippen LogP contribution in [-0.2, 0) is 4.79 Å². The van der Waals surface area contributed by atoms with Crippen LogP contribution in [0.2, 0.25) is 0 Å². The van der Waals surface area contributed by atoms with Gasteiger partial charge in [0.25, 0.3) is 0 Å². The Balaban J connectivity index is 2.92. The molecule has 0 fully saturated rings. The van der Waals surface area contributed by atoms with Gasteiger partial charge in [-0.1, -0.05) is 0 Å². The fourth-order valence-corrected chi connectivity index (χ4v) is 0.944. The molecule has 0 aliphatic carbocycles. The second kappa shape index (κ2) is 9.01. The number of aliphatic carboxylic acids is 1. The van der Waals surface area contributed by atoms with Gasteiger partial charge in [0, 0.05) is 12.8 Å². The summed E-state index contributed by atoms with van der Waals surface area (Å²) in [6.07, 6.45) is 3.42. The molecule has 0 bridgehead atoms. The largest absolute Gasteiger partial charge is 0.481 e. The molecule has 0 unspecified atom stereocenters. The highest BCUT2D eigenvalue weighted by Gasteiger charge is 1.95. The van der Waals surface area contributed by atoms with Crippen LogP contribution in [0.1, 0.15) is 32.1 Å². The van der Waals surface area contributed by atoms with Crippen LogP contribution in [0.3, 0.4) is 0 Å². The van der Waals surface area contributed by atoms with Gasteiger partial charge in [-0.15, -0.1) is 0 Å². The number of unbranched alkanes of at least 4 members (excludes halogenated alkanes) is 2. The average Bonchev–Trinajstić information content (AvgIpc) is 2.09. The molecule has 0 aromatic rings. The fourth-order valence-electron chi connectivity index (χ4n) is 0.944. The van der Waals surface area contributed by atoms with E-state index in [0.717, 1.165) is 25.9 Å². The van der Waals surface area contributed by atoms with Crippen molar-refractivity contribution in [2.24, 2.45) is 0 Å². The van der Waals surface area contributed by atoms with Crippen LogP contribution in [0.4, 0.5) is 0 Å². The first kappa shape index (κ1) is 11.9. The Morgan fingerprint density at radius 2 is 2.00 bits per heavy atom. The molecule has 0 amide bonds. The lowest BCUT2D eigenvalue weighted by Gasteiger charge is -2.01. The van der Waals surface area contributed by atoms with Gasteiger partial charge in [0.2, 0.25) is 0 Å². The first-order valence-corrected chi connectivity index (χ1v) is 4.57. The number of carbonyl (C=O) groups is 1. The summed E-state index contributed by atoms with van der Waals surface area (Å²) >= 11 is 0. The minimum Gasteiger partial charge on any atom is -0.481 e. The van der Waals surface area contributed by atoms with E-state index >= 15 is 0 Å². The van der Waals surface area contributed by atoms with Gasteiger partial charge >= 0.3 is 5.97 Å². The monoisotopic (exact) mass is 184 g/mol. The lowest BCUT2D eigenvalue weighted by atomic mass is 10.2. The molecular formula is C9H16N2O2. The van der Waals surface area contributed by atoms with Crippen molar-refractivity contribution in [2.45, 2.75) is 32.1 Å². The molecule has 4 nitrogen and oxygen atoms in total. The Morgan fingerprint density at radius 3 is 2.62 bits per heavy atom. The summed E-state index contributed by atoms with van der Waals surface area (Å²) in [6.45, 7) is 1.63. The average molecular weight is 184 g/mol. The maximum Gasteiger partial charge on any atom is 0.303 e. The predicted molar refractivity (Wildman–Crippen MR) is 49.2 cm³/mol. The van der Waals surface area contributed by atoms with E-state index in [-0.39, 0.29) is 6.42 Å². The zero-order valence-corrected chi connectivity index (χ0v) is 7.75. The lowest BCUT2D eigenvalue weighted by Crippen LogP contribution is -2.17. The standard InChI is InChI=1S/C9H16N2O2/c10-6-2-1-3-7-11-8-4-5-9(12)13/h11H,1-5,7-8H2,(H,12,13). The fraction of sp³-hybridized carbons (Fsp3) is 0.778. The van der Waals surface area contributed by atoms with E-state index < -0.39 is 5.97 Å². The predicted octanol–water partition coefficient (Wildman–Crippen LogP) is 1.13. The van der Waals surface area contributed by atoms with E-state index in [0.29, 0.717) is 12.8 Å². The van der Waals surface area contributed by atoms with Crippen LogP contribution in [0.5, 0.6) is 0 Å². The van der Waals surface area contributed by atoms with Crippen molar-refractivity contribution in [1.82, 2.24) is 5.32 Å². The first-order chi connectivity index (χ1) is 6.27. The molecule has 0 saturated heterocycles. The smallest absolute Gasteiger partial charge is 0.303 e. The quantitative estimate of drug-likeness (QED) is 0.555. The van der Waals surface area contributed by atoms with Crippen molar-refractivity contribution in [3.05, 3.63) is 0 Å². The minimum absolute atomic E-state index is 0.227. The van der Waals surface area contributed by atoms with Crippen LogP contribution in [0, 0.1) is 11.3 Å². The van der Waals surface area contributed by atoms with Gasteiger partial charge < -0.3 is 10.4 Å². The van der Waals surface area contributed by atoms with E-state index in [2.05, 4.69) is 11.4 Å². The topological polar surface area (TPSA) is 73.1 Å². The molecule has 0 aliphatic heterocycles. The molecule has 0 aromatic carbocycles. The zero-order chi connectivity index (χ0) is 9.94. The van der Waals surface area contributed by atoms with Gasteiger partial charge in [0.05, 0.1) is 6.07 Å². The molecule has 4 heteroatoms. The molecule has 13 heavy (non-hydrogen) atoms. The summed E-state index contributed by atoms with van der Waals surface area (Å²) in [7, 11) is 0. The van der Waals surface area contributed by atoms with Gasteiger partial charge in [0.1, 0.15) is 0 Å². The second-order valence-electron chi connectivity index (χ2n) is 2.86. The van der Waals surface area contributed by atoms with Gasteiger partial charge in [-0.05, 0) is 32.4 Å². The number of hydrogen-bond donors (Lipinski definition) is 2. The van der Waals surface area contributed by atoms with Crippen LogP contribution in [-0.4, -0.2) is 24.2 Å². The minimum atomic E-state index is -0.744. The highest BCUT2D eigenvalue weighted by molar-refractivity contribution is 5.66. The van der Waals surface area contributed by atoms with E-state index in [1.54, 1.807) is 0 Å². The van der Waals surface area contributed by atoms with Gasteiger partial charge in [-0.25, -0.2) is 0 Å². The Hall–Kier alpha value is -1.08. The maximum atomic E-state index is 10.1. The molecule has 74 valence electrons. The molecule has 0 aromatic heterocycles. The zero-order valence-electron chi connectivity index (χ0n) is 7.75. The molecule has 0 atom stereocenters. The highest BCUT2D eigenvalue weighted by atomic mass is 16.4. The summed E-state index contributed by atoms with van der Waals surface area (Å²) < 4.78 is 0.